The zero-order valence-electron chi connectivity index (χ0n) is 10.6. The Morgan fingerprint density at radius 1 is 1.33 bits per heavy atom. The van der Waals surface area contributed by atoms with Crippen LogP contribution in [-0.2, 0) is 10.0 Å². The summed E-state index contributed by atoms with van der Waals surface area (Å²) in [6, 6.07) is 2.80. The van der Waals surface area contributed by atoms with Gasteiger partial charge in [0.25, 0.3) is 0 Å². The molecule has 0 aliphatic heterocycles. The molecule has 1 aromatic heterocycles. The van der Waals surface area contributed by atoms with Crippen molar-refractivity contribution >= 4 is 21.6 Å². The average molecular weight is 342 g/mol. The molecule has 0 unspecified atom stereocenters. The molecule has 5 nitrogen and oxygen atoms in total. The second-order valence-corrected chi connectivity index (χ2v) is 6.39. The molecule has 1 rings (SSSR count). The van der Waals surface area contributed by atoms with E-state index in [-0.39, 0.29) is 22.9 Å². The number of sulfonamides is 1. The Morgan fingerprint density at radius 2 is 2.00 bits per heavy atom. The molecular weight excluding hydrogens is 331 g/mol. The molecule has 0 fully saturated rings. The van der Waals surface area contributed by atoms with Crippen LogP contribution in [0.15, 0.2) is 23.4 Å². The third-order valence-corrected chi connectivity index (χ3v) is 4.51. The van der Waals surface area contributed by atoms with Gasteiger partial charge in [0.05, 0.1) is 17.5 Å². The molecule has 0 saturated heterocycles. The van der Waals surface area contributed by atoms with Crippen molar-refractivity contribution in [1.29, 1.82) is 5.26 Å². The highest BCUT2D eigenvalue weighted by Crippen LogP contribution is 2.23. The first-order valence-corrected chi connectivity index (χ1v) is 7.53. The second kappa shape index (κ2) is 7.06. The molecule has 0 aliphatic carbocycles. The van der Waals surface area contributed by atoms with Gasteiger partial charge in [0.1, 0.15) is 4.90 Å². The van der Waals surface area contributed by atoms with Gasteiger partial charge in [-0.15, -0.1) is 0 Å². The number of halogens is 4. The number of rotatable bonds is 6. The summed E-state index contributed by atoms with van der Waals surface area (Å²) in [7, 11) is -4.18. The van der Waals surface area contributed by atoms with Gasteiger partial charge >= 0.3 is 6.18 Å². The predicted octanol–water partition coefficient (Wildman–Crippen LogP) is 2.59. The highest BCUT2D eigenvalue weighted by Gasteiger charge is 2.32. The maximum atomic E-state index is 12.3. The molecule has 21 heavy (non-hydrogen) atoms. The van der Waals surface area contributed by atoms with Gasteiger partial charge in [0, 0.05) is 31.9 Å². The van der Waals surface area contributed by atoms with Crippen LogP contribution in [0.1, 0.15) is 12.8 Å². The number of hydrogen-bond donors (Lipinski definition) is 0. The fourth-order valence-corrected chi connectivity index (χ4v) is 3.13. The van der Waals surface area contributed by atoms with Gasteiger partial charge in [-0.05, 0) is 6.07 Å². The number of nitriles is 1. The van der Waals surface area contributed by atoms with Crippen LogP contribution in [0.4, 0.5) is 13.2 Å². The van der Waals surface area contributed by atoms with Crippen LogP contribution in [0, 0.1) is 11.3 Å². The van der Waals surface area contributed by atoms with Crippen molar-refractivity contribution in [2.24, 2.45) is 0 Å². The smallest absolute Gasteiger partial charge is 0.262 e. The highest BCUT2D eigenvalue weighted by atomic mass is 35.5. The summed E-state index contributed by atoms with van der Waals surface area (Å²) in [5.41, 5.74) is 0. The molecule has 0 N–H and O–H groups in total. The van der Waals surface area contributed by atoms with E-state index in [9.17, 15) is 21.6 Å². The zero-order chi connectivity index (χ0) is 16.1. The standard InChI is InChI=1S/C11H11ClF3N3O2S/c12-9-6-10(8-17-7-9)21(19,20)18(4-1-3-16)5-2-11(13,14)15/h6-8H,1-2,4-5H2. The van der Waals surface area contributed by atoms with Crippen LogP contribution in [-0.4, -0.2) is 37.0 Å². The molecule has 0 saturated carbocycles. The van der Waals surface area contributed by atoms with E-state index in [1.54, 1.807) is 6.07 Å². The van der Waals surface area contributed by atoms with Gasteiger partial charge < -0.3 is 0 Å². The van der Waals surface area contributed by atoms with E-state index < -0.39 is 29.2 Å². The number of hydrogen-bond acceptors (Lipinski definition) is 4. The number of pyridine rings is 1. The molecule has 0 spiro atoms. The molecule has 0 radical (unpaired) electrons. The largest absolute Gasteiger partial charge is 0.390 e. The average Bonchev–Trinajstić information content (AvgIpc) is 2.37. The third-order valence-electron chi connectivity index (χ3n) is 2.44. The fraction of sp³-hybridized carbons (Fsp3) is 0.455. The lowest BCUT2D eigenvalue weighted by Gasteiger charge is -2.21. The van der Waals surface area contributed by atoms with Crippen LogP contribution >= 0.6 is 11.6 Å². The lowest BCUT2D eigenvalue weighted by molar-refractivity contribution is -0.135. The zero-order valence-corrected chi connectivity index (χ0v) is 12.2. The first-order chi connectivity index (χ1) is 9.66. The van der Waals surface area contributed by atoms with Crippen molar-refractivity contribution in [3.63, 3.8) is 0 Å². The molecular formula is C11H11ClF3N3O2S. The molecule has 0 bridgehead atoms. The number of nitrogens with zero attached hydrogens (tertiary/aromatic N) is 3. The minimum atomic E-state index is -4.49. The highest BCUT2D eigenvalue weighted by molar-refractivity contribution is 7.89. The van der Waals surface area contributed by atoms with E-state index in [2.05, 4.69) is 4.98 Å². The molecule has 0 aliphatic rings. The maximum absolute atomic E-state index is 12.3. The molecule has 116 valence electrons. The van der Waals surface area contributed by atoms with E-state index in [0.29, 0.717) is 4.31 Å². The lowest BCUT2D eigenvalue weighted by Crippen LogP contribution is -2.35. The molecule has 10 heteroatoms. The molecule has 0 aromatic carbocycles. The predicted molar refractivity (Wildman–Crippen MR) is 68.9 cm³/mol. The molecule has 0 atom stereocenters. The summed E-state index contributed by atoms with van der Waals surface area (Å²) >= 11 is 5.63. The topological polar surface area (TPSA) is 74.1 Å². The van der Waals surface area contributed by atoms with Crippen LogP contribution in [0.5, 0.6) is 0 Å². The fourth-order valence-electron chi connectivity index (χ4n) is 1.46. The van der Waals surface area contributed by atoms with E-state index in [1.807, 2.05) is 0 Å². The van der Waals surface area contributed by atoms with E-state index in [1.165, 1.54) is 6.20 Å². The SMILES string of the molecule is N#CCCN(CCC(F)(F)F)S(=O)(=O)c1cncc(Cl)c1. The maximum Gasteiger partial charge on any atom is 0.390 e. The Bertz CT molecular complexity index is 628. The summed E-state index contributed by atoms with van der Waals surface area (Å²) in [6.07, 6.45) is -3.81. The normalized spacial score (nSPS) is 12.4. The van der Waals surface area contributed by atoms with Crippen LogP contribution in [0.25, 0.3) is 0 Å². The van der Waals surface area contributed by atoms with Gasteiger partial charge in [0.2, 0.25) is 10.0 Å². The summed E-state index contributed by atoms with van der Waals surface area (Å²) in [5, 5.41) is 8.54. The monoisotopic (exact) mass is 341 g/mol. The van der Waals surface area contributed by atoms with Crippen LogP contribution in [0.3, 0.4) is 0 Å². The van der Waals surface area contributed by atoms with Crippen molar-refractivity contribution in [3.05, 3.63) is 23.5 Å². The van der Waals surface area contributed by atoms with Crippen molar-refractivity contribution in [2.45, 2.75) is 23.9 Å². The Kier molecular flexibility index (Phi) is 5.95. The summed E-state index contributed by atoms with van der Waals surface area (Å²) < 4.78 is 61.9. The van der Waals surface area contributed by atoms with E-state index >= 15 is 0 Å². The Labute approximate surface area is 125 Å². The molecule has 0 amide bonds. The van der Waals surface area contributed by atoms with E-state index in [4.69, 9.17) is 16.9 Å². The van der Waals surface area contributed by atoms with Crippen molar-refractivity contribution in [3.8, 4) is 6.07 Å². The minimum absolute atomic E-state index is 0.0483. The van der Waals surface area contributed by atoms with Crippen LogP contribution in [0.2, 0.25) is 5.02 Å². The Morgan fingerprint density at radius 3 is 2.52 bits per heavy atom. The third kappa shape index (κ3) is 5.49. The quantitative estimate of drug-likeness (QED) is 0.797. The second-order valence-electron chi connectivity index (χ2n) is 4.02. The molecule has 1 aromatic rings. The van der Waals surface area contributed by atoms with Gasteiger partial charge in [-0.2, -0.15) is 22.7 Å². The number of alkyl halides is 3. The van der Waals surface area contributed by atoms with Gasteiger partial charge in [-0.25, -0.2) is 8.42 Å². The first-order valence-electron chi connectivity index (χ1n) is 5.71. The minimum Gasteiger partial charge on any atom is -0.262 e. The Balaban J connectivity index is 3.03. The Hall–Kier alpha value is -1.37. The number of aromatic nitrogens is 1. The van der Waals surface area contributed by atoms with Gasteiger partial charge in [-0.1, -0.05) is 11.6 Å². The van der Waals surface area contributed by atoms with Crippen LogP contribution < -0.4 is 0 Å². The summed E-state index contributed by atoms with van der Waals surface area (Å²) in [5.74, 6) is 0. The van der Waals surface area contributed by atoms with Gasteiger partial charge in [0.15, 0.2) is 0 Å². The van der Waals surface area contributed by atoms with Crippen molar-refractivity contribution in [1.82, 2.24) is 9.29 Å². The van der Waals surface area contributed by atoms with E-state index in [0.717, 1.165) is 12.3 Å². The van der Waals surface area contributed by atoms with Gasteiger partial charge in [-0.3, -0.25) is 4.98 Å². The van der Waals surface area contributed by atoms with Crippen molar-refractivity contribution < 1.29 is 21.6 Å². The van der Waals surface area contributed by atoms with Crippen molar-refractivity contribution in [2.75, 3.05) is 13.1 Å². The summed E-state index contributed by atoms with van der Waals surface area (Å²) in [4.78, 5) is 3.29. The summed E-state index contributed by atoms with van der Waals surface area (Å²) in [6.45, 7) is -1.10. The first kappa shape index (κ1) is 17.7. The lowest BCUT2D eigenvalue weighted by atomic mass is 10.4. The molecule has 1 heterocycles.